The van der Waals surface area contributed by atoms with Crippen LogP contribution in [0.25, 0.3) is 0 Å². The summed E-state index contributed by atoms with van der Waals surface area (Å²) in [7, 11) is -4.67. The number of hydrogen-bond acceptors (Lipinski definition) is 3. The molecule has 0 aromatic rings. The second kappa shape index (κ2) is 15.7. The SMILES string of the molecule is CCCCCCCCC(C)CCCC(C)CO.O=S(=O)(O)O. The average Bonchev–Trinajstić information content (AvgIpc) is 2.40. The van der Waals surface area contributed by atoms with Crippen molar-refractivity contribution in [1.82, 2.24) is 0 Å². The highest BCUT2D eigenvalue weighted by Crippen LogP contribution is 2.18. The summed E-state index contributed by atoms with van der Waals surface area (Å²) in [6.45, 7) is 7.15. The van der Waals surface area contributed by atoms with E-state index in [9.17, 15) is 0 Å². The van der Waals surface area contributed by atoms with Crippen LogP contribution in [0.2, 0.25) is 0 Å². The molecule has 0 aromatic carbocycles. The fraction of sp³-hybridized carbons (Fsp3) is 1.00. The van der Waals surface area contributed by atoms with Crippen LogP contribution in [0.5, 0.6) is 0 Å². The van der Waals surface area contributed by atoms with Gasteiger partial charge in [0.25, 0.3) is 0 Å². The van der Waals surface area contributed by atoms with Gasteiger partial charge in [-0.05, 0) is 18.3 Å². The zero-order valence-electron chi connectivity index (χ0n) is 14.5. The molecular formula is C16H36O5S. The molecule has 0 saturated heterocycles. The van der Waals surface area contributed by atoms with E-state index in [0.29, 0.717) is 12.5 Å². The molecule has 0 aliphatic heterocycles. The largest absolute Gasteiger partial charge is 0.396 e. The third kappa shape index (κ3) is 28.1. The monoisotopic (exact) mass is 340 g/mol. The Morgan fingerprint density at radius 2 is 1.18 bits per heavy atom. The summed E-state index contributed by atoms with van der Waals surface area (Å²) in [6, 6.07) is 0. The predicted octanol–water partition coefficient (Wildman–Crippen LogP) is 4.52. The van der Waals surface area contributed by atoms with E-state index in [-0.39, 0.29) is 0 Å². The van der Waals surface area contributed by atoms with Crippen molar-refractivity contribution in [3.05, 3.63) is 0 Å². The second-order valence-corrected chi connectivity index (χ2v) is 7.22. The van der Waals surface area contributed by atoms with Gasteiger partial charge in [0, 0.05) is 6.61 Å². The van der Waals surface area contributed by atoms with E-state index in [4.69, 9.17) is 22.6 Å². The van der Waals surface area contributed by atoms with Gasteiger partial charge >= 0.3 is 10.4 Å². The molecule has 0 saturated carbocycles. The Balaban J connectivity index is 0. The Morgan fingerprint density at radius 3 is 1.68 bits per heavy atom. The Labute approximate surface area is 137 Å². The van der Waals surface area contributed by atoms with Gasteiger partial charge in [-0.3, -0.25) is 9.11 Å². The minimum absolute atomic E-state index is 0.353. The van der Waals surface area contributed by atoms with Crippen molar-refractivity contribution < 1.29 is 22.6 Å². The summed E-state index contributed by atoms with van der Waals surface area (Å²) < 4.78 is 31.6. The average molecular weight is 341 g/mol. The number of unbranched alkanes of at least 4 members (excludes halogenated alkanes) is 5. The molecular weight excluding hydrogens is 304 g/mol. The second-order valence-electron chi connectivity index (χ2n) is 6.33. The molecule has 3 N–H and O–H groups in total. The van der Waals surface area contributed by atoms with E-state index in [1.165, 1.54) is 64.2 Å². The molecule has 0 aliphatic rings. The van der Waals surface area contributed by atoms with E-state index >= 15 is 0 Å². The van der Waals surface area contributed by atoms with Crippen LogP contribution in [0.4, 0.5) is 0 Å². The van der Waals surface area contributed by atoms with Crippen LogP contribution in [0, 0.1) is 11.8 Å². The fourth-order valence-corrected chi connectivity index (χ4v) is 2.32. The van der Waals surface area contributed by atoms with Crippen LogP contribution >= 0.6 is 0 Å². The maximum absolute atomic E-state index is 8.94. The topological polar surface area (TPSA) is 94.8 Å². The van der Waals surface area contributed by atoms with Gasteiger partial charge in [0.1, 0.15) is 0 Å². The quantitative estimate of drug-likeness (QED) is 0.359. The zero-order valence-corrected chi connectivity index (χ0v) is 15.3. The van der Waals surface area contributed by atoms with Gasteiger partial charge in [-0.2, -0.15) is 8.42 Å². The third-order valence-electron chi connectivity index (χ3n) is 3.76. The summed E-state index contributed by atoms with van der Waals surface area (Å²) in [5, 5.41) is 8.94. The molecule has 0 aliphatic carbocycles. The van der Waals surface area contributed by atoms with Gasteiger partial charge in [0.2, 0.25) is 0 Å². The smallest absolute Gasteiger partial charge is 0.394 e. The van der Waals surface area contributed by atoms with Gasteiger partial charge in [0.15, 0.2) is 0 Å². The Kier molecular flexibility index (Phi) is 17.2. The van der Waals surface area contributed by atoms with Gasteiger partial charge < -0.3 is 5.11 Å². The van der Waals surface area contributed by atoms with Crippen molar-refractivity contribution in [3.8, 4) is 0 Å². The standard InChI is InChI=1S/C16H34O.H2O4S/c1-4-5-6-7-8-9-11-15(2)12-10-13-16(3)14-17;1-5(2,3)4/h15-17H,4-14H2,1-3H3;(H2,1,2,3,4). The molecule has 0 radical (unpaired) electrons. The first-order valence-electron chi connectivity index (χ1n) is 8.51. The molecule has 2 unspecified atom stereocenters. The lowest BCUT2D eigenvalue weighted by molar-refractivity contribution is 0.225. The molecule has 5 nitrogen and oxygen atoms in total. The lowest BCUT2D eigenvalue weighted by Gasteiger charge is -2.12. The summed E-state index contributed by atoms with van der Waals surface area (Å²) >= 11 is 0. The van der Waals surface area contributed by atoms with E-state index in [2.05, 4.69) is 20.8 Å². The highest BCUT2D eigenvalue weighted by Gasteiger charge is 2.04. The molecule has 0 spiro atoms. The van der Waals surface area contributed by atoms with Crippen LogP contribution in [-0.2, 0) is 10.4 Å². The van der Waals surface area contributed by atoms with Crippen LogP contribution in [0.15, 0.2) is 0 Å². The van der Waals surface area contributed by atoms with Crippen molar-refractivity contribution in [1.29, 1.82) is 0 Å². The van der Waals surface area contributed by atoms with Crippen molar-refractivity contribution in [3.63, 3.8) is 0 Å². The Morgan fingerprint density at radius 1 is 0.773 bits per heavy atom. The molecule has 6 heteroatoms. The first-order chi connectivity index (χ1) is 10.2. The fourth-order valence-electron chi connectivity index (χ4n) is 2.32. The van der Waals surface area contributed by atoms with Gasteiger partial charge in [0.05, 0.1) is 0 Å². The number of aliphatic hydroxyl groups is 1. The maximum atomic E-state index is 8.94. The van der Waals surface area contributed by atoms with Crippen molar-refractivity contribution in [2.75, 3.05) is 6.61 Å². The normalized spacial score (nSPS) is 14.1. The maximum Gasteiger partial charge on any atom is 0.394 e. The van der Waals surface area contributed by atoms with E-state index in [0.717, 1.165) is 5.92 Å². The highest BCUT2D eigenvalue weighted by molar-refractivity contribution is 7.79. The van der Waals surface area contributed by atoms with Gasteiger partial charge in [-0.15, -0.1) is 0 Å². The van der Waals surface area contributed by atoms with E-state index in [1.54, 1.807) is 0 Å². The first-order valence-corrected chi connectivity index (χ1v) is 9.91. The molecule has 0 fully saturated rings. The molecule has 2 atom stereocenters. The number of rotatable bonds is 12. The van der Waals surface area contributed by atoms with Crippen molar-refractivity contribution >= 4 is 10.4 Å². The van der Waals surface area contributed by atoms with Crippen LogP contribution in [0.1, 0.15) is 85.0 Å². The van der Waals surface area contributed by atoms with Gasteiger partial charge in [-0.1, -0.05) is 78.6 Å². The Hall–Kier alpha value is -0.170. The summed E-state index contributed by atoms with van der Waals surface area (Å²) in [5.41, 5.74) is 0. The molecule has 0 heterocycles. The lowest BCUT2D eigenvalue weighted by Crippen LogP contribution is -2.02. The molecule has 22 heavy (non-hydrogen) atoms. The number of hydrogen-bond donors (Lipinski definition) is 3. The third-order valence-corrected chi connectivity index (χ3v) is 3.76. The summed E-state index contributed by atoms with van der Waals surface area (Å²) in [5.74, 6) is 1.38. The predicted molar refractivity (Wildman–Crippen MR) is 91.4 cm³/mol. The Bertz CT molecular complexity index is 308. The molecule has 0 bridgehead atoms. The van der Waals surface area contributed by atoms with Crippen molar-refractivity contribution in [2.24, 2.45) is 11.8 Å². The minimum Gasteiger partial charge on any atom is -0.396 e. The molecule has 0 rings (SSSR count). The minimum atomic E-state index is -4.67. The first kappa shape index (κ1) is 24.1. The molecule has 0 amide bonds. The molecule has 0 aromatic heterocycles. The molecule has 136 valence electrons. The summed E-state index contributed by atoms with van der Waals surface area (Å²) in [6.07, 6.45) is 13.7. The highest BCUT2D eigenvalue weighted by atomic mass is 32.3. The van der Waals surface area contributed by atoms with E-state index in [1.807, 2.05) is 0 Å². The summed E-state index contributed by atoms with van der Waals surface area (Å²) in [4.78, 5) is 0. The number of aliphatic hydroxyl groups excluding tert-OH is 1. The van der Waals surface area contributed by atoms with Gasteiger partial charge in [-0.25, -0.2) is 0 Å². The zero-order chi connectivity index (χ0) is 17.4. The lowest BCUT2D eigenvalue weighted by atomic mass is 9.94. The van der Waals surface area contributed by atoms with Crippen molar-refractivity contribution in [2.45, 2.75) is 85.0 Å². The van der Waals surface area contributed by atoms with Crippen LogP contribution < -0.4 is 0 Å². The van der Waals surface area contributed by atoms with E-state index < -0.39 is 10.4 Å². The van der Waals surface area contributed by atoms with Crippen LogP contribution in [-0.4, -0.2) is 29.2 Å². The van der Waals surface area contributed by atoms with Crippen LogP contribution in [0.3, 0.4) is 0 Å².